The smallest absolute Gasteiger partial charge is 0.258 e. The molecule has 0 amide bonds. The van der Waals surface area contributed by atoms with Crippen LogP contribution in [0.3, 0.4) is 0 Å². The van der Waals surface area contributed by atoms with E-state index in [-0.39, 0.29) is 0 Å². The number of ether oxygens (including phenoxy) is 1. The predicted octanol–water partition coefficient (Wildman–Crippen LogP) is 1.91. The minimum Gasteiger partial charge on any atom is -0.496 e. The number of rotatable bonds is 4. The summed E-state index contributed by atoms with van der Waals surface area (Å²) in [7, 11) is 1.51. The molecule has 1 aromatic carbocycles. The number of piperazine rings is 1. The Kier molecular flexibility index (Phi) is 4.49. The van der Waals surface area contributed by atoms with Gasteiger partial charge in [0.1, 0.15) is 5.75 Å². The summed E-state index contributed by atoms with van der Waals surface area (Å²) < 4.78 is 31.9. The fourth-order valence-corrected chi connectivity index (χ4v) is 2.36. The first-order chi connectivity index (χ1) is 8.74. The van der Waals surface area contributed by atoms with Crippen LogP contribution in [0.4, 0.5) is 8.78 Å². The van der Waals surface area contributed by atoms with Gasteiger partial charge in [0.25, 0.3) is 6.43 Å². The summed E-state index contributed by atoms with van der Waals surface area (Å²) in [5.41, 5.74) is 0.567. The van der Waals surface area contributed by atoms with Crippen LogP contribution < -0.4 is 10.1 Å². The minimum absolute atomic E-state index is 0.529. The fourth-order valence-electron chi connectivity index (χ4n) is 2.36. The summed E-state index contributed by atoms with van der Waals surface area (Å²) in [6.07, 6.45) is -2.42. The maximum Gasteiger partial charge on any atom is 0.258 e. The van der Waals surface area contributed by atoms with E-state index >= 15 is 0 Å². The summed E-state index contributed by atoms with van der Waals surface area (Å²) in [5.74, 6) is 0.529. The molecule has 0 spiro atoms. The second kappa shape index (κ2) is 6.11. The Morgan fingerprint density at radius 2 is 1.89 bits per heavy atom. The fraction of sp³-hybridized carbons (Fsp3) is 0.538. The van der Waals surface area contributed by atoms with Crippen LogP contribution in [-0.2, 0) is 0 Å². The average Bonchev–Trinajstić information content (AvgIpc) is 2.40. The molecule has 1 heterocycles. The standard InChI is InChI=1S/C13H18F2N2O/c1-18-11-5-3-2-4-10(11)12(13(14)15)17-8-6-16-7-9-17/h2-5,12-13,16H,6-9H2,1H3/t12-/m1/s1. The van der Waals surface area contributed by atoms with E-state index in [0.29, 0.717) is 24.4 Å². The molecule has 0 aliphatic carbocycles. The lowest BCUT2D eigenvalue weighted by molar-refractivity contribution is 0.0170. The van der Waals surface area contributed by atoms with E-state index in [2.05, 4.69) is 5.32 Å². The number of halogens is 2. The van der Waals surface area contributed by atoms with Crippen molar-refractivity contribution in [3.63, 3.8) is 0 Å². The molecule has 0 bridgehead atoms. The van der Waals surface area contributed by atoms with Crippen LogP contribution in [0.1, 0.15) is 11.6 Å². The number of para-hydroxylation sites is 1. The van der Waals surface area contributed by atoms with Gasteiger partial charge in [0.15, 0.2) is 0 Å². The highest BCUT2D eigenvalue weighted by molar-refractivity contribution is 5.36. The van der Waals surface area contributed by atoms with Crippen LogP contribution in [0.25, 0.3) is 0 Å². The van der Waals surface area contributed by atoms with Gasteiger partial charge in [-0.25, -0.2) is 8.78 Å². The first-order valence-corrected chi connectivity index (χ1v) is 6.10. The van der Waals surface area contributed by atoms with Crippen molar-refractivity contribution in [2.45, 2.75) is 12.5 Å². The highest BCUT2D eigenvalue weighted by Gasteiger charge is 2.31. The highest BCUT2D eigenvalue weighted by atomic mass is 19.3. The molecule has 0 radical (unpaired) electrons. The third-order valence-corrected chi connectivity index (χ3v) is 3.24. The summed E-state index contributed by atoms with van der Waals surface area (Å²) in [4.78, 5) is 1.82. The van der Waals surface area contributed by atoms with E-state index in [1.54, 1.807) is 24.3 Å². The zero-order valence-corrected chi connectivity index (χ0v) is 10.4. The Bertz CT molecular complexity index is 381. The summed E-state index contributed by atoms with van der Waals surface area (Å²) in [6.45, 7) is 2.76. The van der Waals surface area contributed by atoms with Crippen LogP contribution in [0.2, 0.25) is 0 Å². The normalized spacial score (nSPS) is 18.9. The van der Waals surface area contributed by atoms with Crippen molar-refractivity contribution in [2.24, 2.45) is 0 Å². The second-order valence-electron chi connectivity index (χ2n) is 4.31. The van der Waals surface area contributed by atoms with Crippen molar-refractivity contribution in [1.29, 1.82) is 0 Å². The van der Waals surface area contributed by atoms with Gasteiger partial charge >= 0.3 is 0 Å². The van der Waals surface area contributed by atoms with E-state index < -0.39 is 12.5 Å². The summed E-state index contributed by atoms with van der Waals surface area (Å²) >= 11 is 0. The molecule has 0 unspecified atom stereocenters. The van der Waals surface area contributed by atoms with Crippen LogP contribution in [0, 0.1) is 0 Å². The number of methoxy groups -OCH3 is 1. The molecule has 0 saturated carbocycles. The maximum atomic E-state index is 13.4. The predicted molar refractivity (Wildman–Crippen MR) is 66.2 cm³/mol. The molecule has 1 aromatic rings. The maximum absolute atomic E-state index is 13.4. The number of alkyl halides is 2. The molecule has 0 aromatic heterocycles. The van der Waals surface area contributed by atoms with Gasteiger partial charge < -0.3 is 10.1 Å². The van der Waals surface area contributed by atoms with E-state index in [9.17, 15) is 8.78 Å². The molecule has 100 valence electrons. The molecule has 1 aliphatic rings. The lowest BCUT2D eigenvalue weighted by Gasteiger charge is -2.35. The van der Waals surface area contributed by atoms with Gasteiger partial charge in [0, 0.05) is 31.7 Å². The van der Waals surface area contributed by atoms with Crippen molar-refractivity contribution in [3.8, 4) is 5.75 Å². The molecule has 1 atom stereocenters. The van der Waals surface area contributed by atoms with Crippen molar-refractivity contribution < 1.29 is 13.5 Å². The van der Waals surface area contributed by atoms with Crippen LogP contribution >= 0.6 is 0 Å². The van der Waals surface area contributed by atoms with Crippen LogP contribution in [0.5, 0.6) is 5.75 Å². The van der Waals surface area contributed by atoms with Crippen LogP contribution in [0.15, 0.2) is 24.3 Å². The lowest BCUT2D eigenvalue weighted by Crippen LogP contribution is -2.47. The van der Waals surface area contributed by atoms with Gasteiger partial charge in [-0.05, 0) is 6.07 Å². The zero-order valence-electron chi connectivity index (χ0n) is 10.4. The number of hydrogen-bond acceptors (Lipinski definition) is 3. The average molecular weight is 256 g/mol. The van der Waals surface area contributed by atoms with Crippen molar-refractivity contribution in [3.05, 3.63) is 29.8 Å². The lowest BCUT2D eigenvalue weighted by atomic mass is 10.0. The quantitative estimate of drug-likeness (QED) is 0.890. The van der Waals surface area contributed by atoms with Gasteiger partial charge in [-0.1, -0.05) is 18.2 Å². The first-order valence-electron chi connectivity index (χ1n) is 6.10. The third-order valence-electron chi connectivity index (χ3n) is 3.24. The zero-order chi connectivity index (χ0) is 13.0. The SMILES string of the molecule is COc1ccccc1[C@H](C(F)F)N1CCNCC1. The minimum atomic E-state index is -2.42. The second-order valence-corrected chi connectivity index (χ2v) is 4.31. The molecule has 1 N–H and O–H groups in total. The molecular weight excluding hydrogens is 238 g/mol. The molecule has 18 heavy (non-hydrogen) atoms. The molecule has 1 saturated heterocycles. The Labute approximate surface area is 106 Å². The van der Waals surface area contributed by atoms with E-state index in [0.717, 1.165) is 13.1 Å². The van der Waals surface area contributed by atoms with E-state index in [1.165, 1.54) is 7.11 Å². The molecule has 5 heteroatoms. The molecule has 1 aliphatic heterocycles. The van der Waals surface area contributed by atoms with Gasteiger partial charge in [0.05, 0.1) is 13.2 Å². The largest absolute Gasteiger partial charge is 0.496 e. The third kappa shape index (κ3) is 2.79. The molecular formula is C13H18F2N2O. The number of nitrogens with one attached hydrogen (secondary N) is 1. The number of benzene rings is 1. The molecule has 1 fully saturated rings. The first kappa shape index (κ1) is 13.2. The topological polar surface area (TPSA) is 24.5 Å². The summed E-state index contributed by atoms with van der Waals surface area (Å²) in [5, 5.41) is 3.17. The Hall–Kier alpha value is -1.20. The van der Waals surface area contributed by atoms with Crippen molar-refractivity contribution in [1.82, 2.24) is 10.2 Å². The number of hydrogen-bond donors (Lipinski definition) is 1. The Morgan fingerprint density at radius 3 is 2.50 bits per heavy atom. The van der Waals surface area contributed by atoms with Crippen molar-refractivity contribution in [2.75, 3.05) is 33.3 Å². The Balaban J connectivity index is 2.28. The van der Waals surface area contributed by atoms with E-state index in [4.69, 9.17) is 4.74 Å². The summed E-state index contributed by atoms with van der Waals surface area (Å²) in [6, 6.07) is 6.13. The van der Waals surface area contributed by atoms with Crippen LogP contribution in [-0.4, -0.2) is 44.6 Å². The molecule has 2 rings (SSSR count). The highest BCUT2D eigenvalue weighted by Crippen LogP contribution is 2.33. The van der Waals surface area contributed by atoms with Gasteiger partial charge in [-0.3, -0.25) is 4.90 Å². The van der Waals surface area contributed by atoms with E-state index in [1.807, 2.05) is 4.90 Å². The van der Waals surface area contributed by atoms with Gasteiger partial charge in [-0.15, -0.1) is 0 Å². The van der Waals surface area contributed by atoms with Gasteiger partial charge in [-0.2, -0.15) is 0 Å². The number of nitrogens with zero attached hydrogens (tertiary/aromatic N) is 1. The monoisotopic (exact) mass is 256 g/mol. The Morgan fingerprint density at radius 1 is 1.22 bits per heavy atom. The van der Waals surface area contributed by atoms with Gasteiger partial charge in [0.2, 0.25) is 0 Å². The van der Waals surface area contributed by atoms with Crippen molar-refractivity contribution >= 4 is 0 Å². The molecule has 3 nitrogen and oxygen atoms in total.